The van der Waals surface area contributed by atoms with Crippen LogP contribution in [-0.4, -0.2) is 9.36 Å². The van der Waals surface area contributed by atoms with Crippen molar-refractivity contribution in [3.05, 3.63) is 28.0 Å². The predicted molar refractivity (Wildman–Crippen MR) is 65.6 cm³/mol. The monoisotopic (exact) mass is 275 g/mol. The summed E-state index contributed by atoms with van der Waals surface area (Å²) in [6.07, 6.45) is 0. The molecule has 2 aromatic rings. The smallest absolute Gasteiger partial charge is 0.298 e. The molecule has 1 heterocycles. The minimum atomic E-state index is 0.382. The zero-order chi connectivity index (χ0) is 11.7. The molecule has 0 radical (unpaired) electrons. The van der Waals surface area contributed by atoms with E-state index >= 15 is 0 Å². The molecule has 16 heavy (non-hydrogen) atoms. The minimum Gasteiger partial charge on any atom is -0.428 e. The molecule has 84 valence electrons. The fourth-order valence-electron chi connectivity index (χ4n) is 1.05. The second-order valence-corrected chi connectivity index (χ2v) is 4.54. The Morgan fingerprint density at radius 3 is 2.62 bits per heavy atom. The van der Waals surface area contributed by atoms with Crippen LogP contribution in [0.3, 0.4) is 0 Å². The molecule has 0 amide bonds. The van der Waals surface area contributed by atoms with Crippen LogP contribution >= 0.6 is 34.7 Å². The summed E-state index contributed by atoms with van der Waals surface area (Å²) in [4.78, 5) is 4.05. The largest absolute Gasteiger partial charge is 0.428 e. The first-order chi connectivity index (χ1) is 7.56. The highest BCUT2D eigenvalue weighted by Crippen LogP contribution is 2.35. The number of nitrogen functional groups attached to an aromatic ring is 1. The third-order valence-electron chi connectivity index (χ3n) is 1.76. The topological polar surface area (TPSA) is 61.0 Å². The second-order valence-electron chi connectivity index (χ2n) is 3.01. The van der Waals surface area contributed by atoms with Gasteiger partial charge in [0.05, 0.1) is 15.7 Å². The Morgan fingerprint density at radius 1 is 1.31 bits per heavy atom. The van der Waals surface area contributed by atoms with Crippen LogP contribution in [0.15, 0.2) is 12.1 Å². The molecule has 1 aromatic heterocycles. The normalized spacial score (nSPS) is 10.4. The van der Waals surface area contributed by atoms with Crippen LogP contribution in [-0.2, 0) is 0 Å². The molecule has 0 spiro atoms. The summed E-state index contributed by atoms with van der Waals surface area (Å²) >= 11 is 12.8. The molecule has 0 fully saturated rings. The maximum absolute atomic E-state index is 5.86. The lowest BCUT2D eigenvalue weighted by molar-refractivity contribution is 0.480. The molecule has 2 N–H and O–H groups in total. The molecular formula is C9H7Cl2N3OS. The fourth-order valence-corrected chi connectivity index (χ4v) is 1.92. The van der Waals surface area contributed by atoms with E-state index in [1.807, 2.05) is 0 Å². The summed E-state index contributed by atoms with van der Waals surface area (Å²) in [5.74, 6) is 1.07. The van der Waals surface area contributed by atoms with E-state index in [4.69, 9.17) is 33.7 Å². The number of hydrogen-bond acceptors (Lipinski definition) is 5. The molecule has 0 aliphatic carbocycles. The fraction of sp³-hybridized carbons (Fsp3) is 0.111. The van der Waals surface area contributed by atoms with E-state index in [9.17, 15) is 0 Å². The third kappa shape index (κ3) is 2.37. The highest BCUT2D eigenvalue weighted by Gasteiger charge is 2.09. The van der Waals surface area contributed by atoms with Crippen molar-refractivity contribution < 1.29 is 4.74 Å². The molecule has 0 bridgehead atoms. The SMILES string of the molecule is Cc1nsc(Oc2cc(Cl)c(Cl)cc2N)n1. The zero-order valence-electron chi connectivity index (χ0n) is 8.20. The summed E-state index contributed by atoms with van der Waals surface area (Å²) in [7, 11) is 0. The maximum atomic E-state index is 5.86. The predicted octanol–water partition coefficient (Wildman–Crippen LogP) is 3.53. The van der Waals surface area contributed by atoms with Crippen LogP contribution in [0.2, 0.25) is 10.0 Å². The van der Waals surface area contributed by atoms with Crippen molar-refractivity contribution in [2.24, 2.45) is 0 Å². The Labute approximate surface area is 106 Å². The van der Waals surface area contributed by atoms with E-state index in [-0.39, 0.29) is 0 Å². The first-order valence-electron chi connectivity index (χ1n) is 4.29. The zero-order valence-corrected chi connectivity index (χ0v) is 10.5. The lowest BCUT2D eigenvalue weighted by atomic mass is 10.3. The molecule has 0 atom stereocenters. The minimum absolute atomic E-state index is 0.382. The number of aryl methyl sites for hydroxylation is 1. The van der Waals surface area contributed by atoms with Gasteiger partial charge < -0.3 is 10.5 Å². The number of nitrogens with zero attached hydrogens (tertiary/aromatic N) is 2. The molecule has 2 rings (SSSR count). The number of halogens is 2. The number of benzene rings is 1. The average molecular weight is 276 g/mol. The van der Waals surface area contributed by atoms with E-state index in [0.29, 0.717) is 32.5 Å². The Balaban J connectivity index is 2.31. The van der Waals surface area contributed by atoms with Crippen LogP contribution in [0, 0.1) is 6.92 Å². The molecule has 0 unspecified atom stereocenters. The van der Waals surface area contributed by atoms with Crippen molar-refractivity contribution in [1.29, 1.82) is 0 Å². The number of hydrogen-bond donors (Lipinski definition) is 1. The Hall–Kier alpha value is -1.04. The van der Waals surface area contributed by atoms with Gasteiger partial charge in [-0.2, -0.15) is 9.36 Å². The van der Waals surface area contributed by atoms with Crippen molar-refractivity contribution >= 4 is 40.4 Å². The van der Waals surface area contributed by atoms with Gasteiger partial charge in [0.1, 0.15) is 5.82 Å². The van der Waals surface area contributed by atoms with Gasteiger partial charge in [-0.3, -0.25) is 0 Å². The molecule has 4 nitrogen and oxygen atoms in total. The van der Waals surface area contributed by atoms with E-state index in [2.05, 4.69) is 9.36 Å². The quantitative estimate of drug-likeness (QED) is 0.852. The van der Waals surface area contributed by atoms with Gasteiger partial charge in [-0.05, 0) is 13.0 Å². The highest BCUT2D eigenvalue weighted by molar-refractivity contribution is 7.07. The van der Waals surface area contributed by atoms with Crippen LogP contribution in [0.1, 0.15) is 5.82 Å². The summed E-state index contributed by atoms with van der Waals surface area (Å²) in [5.41, 5.74) is 6.14. The van der Waals surface area contributed by atoms with Gasteiger partial charge in [0.25, 0.3) is 5.19 Å². The molecule has 7 heteroatoms. The first-order valence-corrected chi connectivity index (χ1v) is 5.82. The van der Waals surface area contributed by atoms with Crippen LogP contribution in [0.5, 0.6) is 10.9 Å². The summed E-state index contributed by atoms with van der Waals surface area (Å²) < 4.78 is 9.43. The van der Waals surface area contributed by atoms with Crippen molar-refractivity contribution in [3.63, 3.8) is 0 Å². The number of anilines is 1. The van der Waals surface area contributed by atoms with Crippen LogP contribution in [0.25, 0.3) is 0 Å². The highest BCUT2D eigenvalue weighted by atomic mass is 35.5. The molecule has 0 aliphatic rings. The van der Waals surface area contributed by atoms with Gasteiger partial charge in [0.15, 0.2) is 5.75 Å². The van der Waals surface area contributed by atoms with Gasteiger partial charge >= 0.3 is 0 Å². The maximum Gasteiger partial charge on any atom is 0.298 e. The number of nitrogens with two attached hydrogens (primary N) is 1. The van der Waals surface area contributed by atoms with Gasteiger partial charge in [-0.15, -0.1) is 0 Å². The van der Waals surface area contributed by atoms with Crippen LogP contribution in [0.4, 0.5) is 5.69 Å². The van der Waals surface area contributed by atoms with E-state index < -0.39 is 0 Å². The van der Waals surface area contributed by atoms with Gasteiger partial charge in [0.2, 0.25) is 0 Å². The second kappa shape index (κ2) is 4.45. The van der Waals surface area contributed by atoms with E-state index in [1.165, 1.54) is 6.07 Å². The summed E-state index contributed by atoms with van der Waals surface area (Å²) in [6.45, 7) is 1.78. The number of rotatable bonds is 2. The van der Waals surface area contributed by atoms with Crippen LogP contribution < -0.4 is 10.5 Å². The first kappa shape index (κ1) is 11.4. The standard InChI is InChI=1S/C9H7Cl2N3OS/c1-4-13-9(16-14-4)15-8-3-6(11)5(10)2-7(8)12/h2-3H,12H2,1H3. The molecule has 0 aliphatic heterocycles. The Bertz CT molecular complexity index is 529. The number of ether oxygens (including phenoxy) is 1. The Morgan fingerprint density at radius 2 is 2.00 bits per heavy atom. The van der Waals surface area contributed by atoms with Gasteiger partial charge in [0, 0.05) is 17.6 Å². The lowest BCUT2D eigenvalue weighted by Crippen LogP contribution is -1.92. The van der Waals surface area contributed by atoms with Crippen molar-refractivity contribution in [2.45, 2.75) is 6.92 Å². The summed E-state index contributed by atoms with van der Waals surface area (Å²) in [6, 6.07) is 3.09. The van der Waals surface area contributed by atoms with Gasteiger partial charge in [-0.1, -0.05) is 23.2 Å². The van der Waals surface area contributed by atoms with Crippen molar-refractivity contribution in [3.8, 4) is 10.9 Å². The molecular weight excluding hydrogens is 269 g/mol. The summed E-state index contributed by atoms with van der Waals surface area (Å²) in [5, 5.41) is 1.19. The lowest BCUT2D eigenvalue weighted by Gasteiger charge is -2.06. The van der Waals surface area contributed by atoms with Gasteiger partial charge in [-0.25, -0.2) is 0 Å². The molecule has 0 saturated carbocycles. The van der Waals surface area contributed by atoms with Crippen molar-refractivity contribution in [1.82, 2.24) is 9.36 Å². The Kier molecular flexibility index (Phi) is 3.18. The van der Waals surface area contributed by atoms with Crippen molar-refractivity contribution in [2.75, 3.05) is 5.73 Å². The molecule has 0 saturated heterocycles. The van der Waals surface area contributed by atoms with E-state index in [0.717, 1.165) is 11.5 Å². The number of aromatic nitrogens is 2. The van der Waals surface area contributed by atoms with E-state index in [1.54, 1.807) is 13.0 Å². The molecule has 1 aromatic carbocycles. The third-order valence-corrected chi connectivity index (χ3v) is 3.17. The average Bonchev–Trinajstić information content (AvgIpc) is 2.60.